The molecule has 2 atom stereocenters. The summed E-state index contributed by atoms with van der Waals surface area (Å²) in [7, 11) is 0. The van der Waals surface area contributed by atoms with Gasteiger partial charge in [-0.05, 0) is 20.3 Å². The molecule has 0 bridgehead atoms. The van der Waals surface area contributed by atoms with E-state index in [0.717, 1.165) is 10.7 Å². The molecule has 1 aliphatic heterocycles. The number of H-pyrrole nitrogens is 1. The van der Waals surface area contributed by atoms with E-state index in [9.17, 15) is 9.18 Å². The molecule has 1 amide bonds. The first-order chi connectivity index (χ1) is 11.0. The third-order valence-corrected chi connectivity index (χ3v) is 4.78. The molecule has 0 aromatic carbocycles. The minimum absolute atomic E-state index is 0.0139. The summed E-state index contributed by atoms with van der Waals surface area (Å²) in [5, 5.41) is 5.87. The van der Waals surface area contributed by atoms with Crippen LogP contribution in [0, 0.1) is 13.8 Å². The van der Waals surface area contributed by atoms with Gasteiger partial charge in [-0.1, -0.05) is 0 Å². The van der Waals surface area contributed by atoms with Gasteiger partial charge in [0.1, 0.15) is 17.7 Å². The fraction of sp³-hybridized carbons (Fsp3) is 0.533. The van der Waals surface area contributed by atoms with Crippen LogP contribution in [0.3, 0.4) is 0 Å². The lowest BCUT2D eigenvalue weighted by Gasteiger charge is -2.23. The molecule has 0 spiro atoms. The Kier molecular flexibility index (Phi) is 4.72. The van der Waals surface area contributed by atoms with Crippen molar-refractivity contribution in [3.8, 4) is 0 Å². The molecule has 8 heteroatoms. The number of aryl methyl sites for hydroxylation is 2. The van der Waals surface area contributed by atoms with E-state index in [1.807, 2.05) is 12.3 Å². The number of amides is 1. The zero-order chi connectivity index (χ0) is 16.4. The number of aromatic amines is 1. The molecule has 2 aromatic rings. The minimum atomic E-state index is -0.856. The molecule has 2 aromatic heterocycles. The standard InChI is InChI=1S/C15H20FN5OS/c1-9-17-5-14(19-9)15(22)18-4-13-3-11(16)6-21(13)7-12-8-23-10(2)20-12/h5,8,11,13H,3-4,6-7H2,1-2H3,(H,17,19)(H,18,22)/t11-,13-/m0/s1. The first kappa shape index (κ1) is 16.1. The van der Waals surface area contributed by atoms with Crippen LogP contribution in [0.5, 0.6) is 0 Å². The van der Waals surface area contributed by atoms with E-state index >= 15 is 0 Å². The zero-order valence-corrected chi connectivity index (χ0v) is 14.0. The molecule has 3 rings (SSSR count). The van der Waals surface area contributed by atoms with E-state index in [-0.39, 0.29) is 11.9 Å². The number of imidazole rings is 1. The molecule has 0 radical (unpaired) electrons. The van der Waals surface area contributed by atoms with Gasteiger partial charge in [-0.25, -0.2) is 14.4 Å². The Bertz CT molecular complexity index is 685. The number of thiazole rings is 1. The molecule has 124 valence electrons. The molecule has 1 fully saturated rings. The molecule has 6 nitrogen and oxygen atoms in total. The minimum Gasteiger partial charge on any atom is -0.349 e. The quantitative estimate of drug-likeness (QED) is 0.873. The number of halogens is 1. The molecule has 0 aliphatic carbocycles. The van der Waals surface area contributed by atoms with E-state index in [1.165, 1.54) is 6.20 Å². The molecular weight excluding hydrogens is 317 g/mol. The van der Waals surface area contributed by atoms with Crippen molar-refractivity contribution in [2.75, 3.05) is 13.1 Å². The summed E-state index contributed by atoms with van der Waals surface area (Å²) in [5.41, 5.74) is 1.39. The summed E-state index contributed by atoms with van der Waals surface area (Å²) in [6.07, 6.45) is 1.09. The van der Waals surface area contributed by atoms with Crippen LogP contribution >= 0.6 is 11.3 Å². The van der Waals surface area contributed by atoms with Crippen molar-refractivity contribution in [3.05, 3.63) is 33.8 Å². The van der Waals surface area contributed by atoms with E-state index in [0.29, 0.717) is 37.6 Å². The summed E-state index contributed by atoms with van der Waals surface area (Å²) in [6, 6.07) is -0.0139. The van der Waals surface area contributed by atoms with Crippen LogP contribution in [0.15, 0.2) is 11.6 Å². The monoisotopic (exact) mass is 337 g/mol. The molecule has 1 aliphatic rings. The van der Waals surface area contributed by atoms with Crippen molar-refractivity contribution in [3.63, 3.8) is 0 Å². The summed E-state index contributed by atoms with van der Waals surface area (Å²) in [4.78, 5) is 25.4. The smallest absolute Gasteiger partial charge is 0.269 e. The summed E-state index contributed by atoms with van der Waals surface area (Å²) < 4.78 is 13.8. The number of carbonyl (C=O) groups excluding carboxylic acids is 1. The van der Waals surface area contributed by atoms with Crippen LogP contribution in [-0.4, -0.2) is 51.1 Å². The second-order valence-corrected chi connectivity index (χ2v) is 6.93. The molecule has 1 saturated heterocycles. The maximum atomic E-state index is 13.8. The average Bonchev–Trinajstić information content (AvgIpc) is 3.19. The summed E-state index contributed by atoms with van der Waals surface area (Å²) in [5.74, 6) is 0.484. The van der Waals surface area contributed by atoms with Crippen LogP contribution in [0.4, 0.5) is 4.39 Å². The van der Waals surface area contributed by atoms with Crippen molar-refractivity contribution < 1.29 is 9.18 Å². The molecular formula is C15H20FN5OS. The van der Waals surface area contributed by atoms with Crippen LogP contribution in [-0.2, 0) is 6.54 Å². The number of nitrogens with zero attached hydrogens (tertiary/aromatic N) is 3. The van der Waals surface area contributed by atoms with Crippen LogP contribution in [0.25, 0.3) is 0 Å². The molecule has 23 heavy (non-hydrogen) atoms. The highest BCUT2D eigenvalue weighted by molar-refractivity contribution is 7.09. The Morgan fingerprint density at radius 3 is 3.04 bits per heavy atom. The number of likely N-dealkylation sites (tertiary alicyclic amines) is 1. The number of alkyl halides is 1. The number of hydrogen-bond acceptors (Lipinski definition) is 5. The zero-order valence-electron chi connectivity index (χ0n) is 13.2. The van der Waals surface area contributed by atoms with Crippen LogP contribution < -0.4 is 5.32 Å². The van der Waals surface area contributed by atoms with Gasteiger partial charge in [-0.2, -0.15) is 0 Å². The highest BCUT2D eigenvalue weighted by atomic mass is 32.1. The number of hydrogen-bond donors (Lipinski definition) is 2. The maximum absolute atomic E-state index is 13.8. The lowest BCUT2D eigenvalue weighted by Crippen LogP contribution is -2.40. The fourth-order valence-corrected chi connectivity index (χ4v) is 3.46. The van der Waals surface area contributed by atoms with Gasteiger partial charge in [0.25, 0.3) is 5.91 Å². The highest BCUT2D eigenvalue weighted by Gasteiger charge is 2.32. The molecule has 0 saturated carbocycles. The lowest BCUT2D eigenvalue weighted by molar-refractivity contribution is 0.0935. The fourth-order valence-electron chi connectivity index (χ4n) is 2.86. The van der Waals surface area contributed by atoms with Crippen molar-refractivity contribution in [1.29, 1.82) is 0 Å². The number of carbonyl (C=O) groups is 1. The first-order valence-corrected chi connectivity index (χ1v) is 8.48. The van der Waals surface area contributed by atoms with Gasteiger partial charge < -0.3 is 10.3 Å². The van der Waals surface area contributed by atoms with E-state index in [2.05, 4.69) is 25.2 Å². The van der Waals surface area contributed by atoms with E-state index in [1.54, 1.807) is 18.3 Å². The van der Waals surface area contributed by atoms with Gasteiger partial charge in [0, 0.05) is 31.1 Å². The van der Waals surface area contributed by atoms with Crippen molar-refractivity contribution in [2.45, 2.75) is 39.0 Å². The van der Waals surface area contributed by atoms with Gasteiger partial charge in [-0.3, -0.25) is 9.69 Å². The maximum Gasteiger partial charge on any atom is 0.269 e. The SMILES string of the molecule is Cc1ncc(C(=O)NC[C@@H]2C[C@H](F)CN2Cc2csc(C)n2)[nH]1. The predicted molar refractivity (Wildman–Crippen MR) is 86.2 cm³/mol. The largest absolute Gasteiger partial charge is 0.349 e. The van der Waals surface area contributed by atoms with E-state index in [4.69, 9.17) is 0 Å². The second kappa shape index (κ2) is 6.76. The normalized spacial score (nSPS) is 21.7. The van der Waals surface area contributed by atoms with Gasteiger partial charge in [0.15, 0.2) is 0 Å². The lowest BCUT2D eigenvalue weighted by atomic mass is 10.2. The Morgan fingerprint density at radius 1 is 1.57 bits per heavy atom. The topological polar surface area (TPSA) is 73.9 Å². The first-order valence-electron chi connectivity index (χ1n) is 7.60. The number of rotatable bonds is 5. The Labute approximate surface area is 138 Å². The Balaban J connectivity index is 1.57. The van der Waals surface area contributed by atoms with Crippen LogP contribution in [0.2, 0.25) is 0 Å². The molecule has 0 unspecified atom stereocenters. The number of nitrogens with one attached hydrogen (secondary N) is 2. The van der Waals surface area contributed by atoms with Crippen molar-refractivity contribution in [1.82, 2.24) is 25.2 Å². The van der Waals surface area contributed by atoms with Gasteiger partial charge in [0.05, 0.1) is 16.9 Å². The summed E-state index contributed by atoms with van der Waals surface area (Å²) in [6.45, 7) is 5.17. The highest BCUT2D eigenvalue weighted by Crippen LogP contribution is 2.23. The van der Waals surface area contributed by atoms with Gasteiger partial charge >= 0.3 is 0 Å². The third kappa shape index (κ3) is 3.94. The van der Waals surface area contributed by atoms with Gasteiger partial charge in [-0.15, -0.1) is 11.3 Å². The van der Waals surface area contributed by atoms with Crippen molar-refractivity contribution in [2.24, 2.45) is 0 Å². The second-order valence-electron chi connectivity index (χ2n) is 5.87. The Morgan fingerprint density at radius 2 is 2.39 bits per heavy atom. The molecule has 2 N–H and O–H groups in total. The summed E-state index contributed by atoms with van der Waals surface area (Å²) >= 11 is 1.60. The van der Waals surface area contributed by atoms with Crippen molar-refractivity contribution >= 4 is 17.2 Å². The van der Waals surface area contributed by atoms with Crippen LogP contribution in [0.1, 0.15) is 33.4 Å². The average molecular weight is 337 g/mol. The predicted octanol–water partition coefficient (Wildman–Crippen LogP) is 1.83. The number of aromatic nitrogens is 3. The van der Waals surface area contributed by atoms with Gasteiger partial charge in [0.2, 0.25) is 0 Å². The molecule has 3 heterocycles. The Hall–Kier alpha value is -1.80. The van der Waals surface area contributed by atoms with E-state index < -0.39 is 6.17 Å². The third-order valence-electron chi connectivity index (χ3n) is 3.95.